The lowest BCUT2D eigenvalue weighted by molar-refractivity contribution is 0.373. The Morgan fingerprint density at radius 3 is 1.60 bits per heavy atom. The van der Waals surface area contributed by atoms with E-state index in [0.717, 1.165) is 0 Å². The van der Waals surface area contributed by atoms with E-state index in [-0.39, 0.29) is 5.96 Å². The van der Waals surface area contributed by atoms with Gasteiger partial charge in [0.25, 0.3) is 0 Å². The first kappa shape index (κ1) is 9.97. The van der Waals surface area contributed by atoms with Gasteiger partial charge in [-0.15, -0.1) is 0 Å². The van der Waals surface area contributed by atoms with Crippen molar-refractivity contribution in [1.29, 1.82) is 0 Å². The molecule has 0 unspecified atom stereocenters. The van der Waals surface area contributed by atoms with Gasteiger partial charge in [-0.2, -0.15) is 4.76 Å². The van der Waals surface area contributed by atoms with Crippen molar-refractivity contribution in [2.45, 2.75) is 0 Å². The fraction of sp³-hybridized carbons (Fsp3) is 0. The van der Waals surface area contributed by atoms with E-state index in [0.29, 0.717) is 0 Å². The summed E-state index contributed by atoms with van der Waals surface area (Å²) >= 11 is 0. The summed E-state index contributed by atoms with van der Waals surface area (Å²) in [6.45, 7) is 0. The van der Waals surface area contributed by atoms with Crippen LogP contribution in [-0.4, -0.2) is 25.5 Å². The molecular weight excluding hydrogens is 184 g/mol. The van der Waals surface area contributed by atoms with Gasteiger partial charge in [0, 0.05) is 0 Å². The topological polar surface area (TPSA) is 127 Å². The molecule has 7 nitrogen and oxygen atoms in total. The van der Waals surface area contributed by atoms with E-state index in [1.807, 2.05) is 0 Å². The predicted molar refractivity (Wildman–Crippen MR) is 32.6 cm³/mol. The van der Waals surface area contributed by atoms with E-state index >= 15 is 0 Å². The lowest BCUT2D eigenvalue weighted by Gasteiger charge is -1.94. The molecule has 0 aliphatic carbocycles. The monoisotopic (exact) mass is 189 g/mol. The zero-order valence-electron chi connectivity index (χ0n) is 4.52. The predicted octanol–water partition coefficient (Wildman–Crippen LogP) is -0.715. The number of rotatable bonds is 2. The molecule has 0 bridgehead atoms. The maximum absolute atomic E-state index is 9.88. The van der Waals surface area contributed by atoms with Crippen LogP contribution in [0, 0.1) is 0 Å². The quantitative estimate of drug-likeness (QED) is 0.335. The molecule has 0 rings (SSSR count). The summed E-state index contributed by atoms with van der Waals surface area (Å²) in [6.07, 6.45) is 0. The molecular formula is CH5NO6P2. The Labute approximate surface area is 55.8 Å². The molecule has 0 saturated carbocycles. The van der Waals surface area contributed by atoms with Gasteiger partial charge in [-0.3, -0.25) is 4.57 Å². The molecule has 0 fully saturated rings. The van der Waals surface area contributed by atoms with Crippen molar-refractivity contribution >= 4 is 21.3 Å². The van der Waals surface area contributed by atoms with Crippen molar-refractivity contribution < 1.29 is 28.7 Å². The molecule has 0 saturated heterocycles. The largest absolute Gasteiger partial charge is 0.448 e. The fourth-order valence-corrected chi connectivity index (χ4v) is 1.21. The van der Waals surface area contributed by atoms with E-state index in [2.05, 4.69) is 4.76 Å². The molecule has 0 aromatic carbocycles. The van der Waals surface area contributed by atoms with Crippen molar-refractivity contribution in [3.63, 3.8) is 0 Å². The second kappa shape index (κ2) is 2.92. The Balaban J connectivity index is 4.31. The van der Waals surface area contributed by atoms with E-state index in [1.54, 1.807) is 0 Å². The van der Waals surface area contributed by atoms with Gasteiger partial charge in [0.05, 0.1) is 0 Å². The molecule has 0 heterocycles. The minimum atomic E-state index is -4.68. The average Bonchev–Trinajstić information content (AvgIpc) is 1.57. The van der Waals surface area contributed by atoms with Crippen LogP contribution in [0.3, 0.4) is 0 Å². The van der Waals surface area contributed by atoms with Crippen LogP contribution in [0.1, 0.15) is 0 Å². The second-order valence-electron chi connectivity index (χ2n) is 1.33. The van der Waals surface area contributed by atoms with E-state index in [1.165, 1.54) is 0 Å². The molecule has 0 aromatic rings. The number of nitrogens with zero attached hydrogens (tertiary/aromatic N) is 1. The molecule has 0 aliphatic rings. The van der Waals surface area contributed by atoms with Crippen LogP contribution in [0.25, 0.3) is 0 Å². The van der Waals surface area contributed by atoms with E-state index < -0.39 is 15.3 Å². The first-order valence-electron chi connectivity index (χ1n) is 1.88. The van der Waals surface area contributed by atoms with E-state index in [9.17, 15) is 9.13 Å². The third kappa shape index (κ3) is 7.97. The molecule has 10 heavy (non-hydrogen) atoms. The Bertz CT molecular complexity index is 196. The molecule has 4 N–H and O–H groups in total. The van der Waals surface area contributed by atoms with Gasteiger partial charge in [0.1, 0.15) is 5.96 Å². The Hall–Kier alpha value is -0.0300. The molecule has 0 spiro atoms. The van der Waals surface area contributed by atoms with Gasteiger partial charge < -0.3 is 19.6 Å². The summed E-state index contributed by atoms with van der Waals surface area (Å²) in [4.78, 5) is 31.9. The molecule has 60 valence electrons. The Morgan fingerprint density at radius 2 is 1.50 bits per heavy atom. The zero-order valence-corrected chi connectivity index (χ0v) is 6.31. The van der Waals surface area contributed by atoms with Crippen molar-refractivity contribution in [2.24, 2.45) is 4.76 Å². The maximum atomic E-state index is 9.88. The molecule has 0 aliphatic heterocycles. The van der Waals surface area contributed by atoms with Gasteiger partial charge >= 0.3 is 15.3 Å². The van der Waals surface area contributed by atoms with Gasteiger partial charge in [-0.1, -0.05) is 0 Å². The van der Waals surface area contributed by atoms with Crippen LogP contribution < -0.4 is 0 Å². The molecule has 0 aromatic heterocycles. The third-order valence-corrected chi connectivity index (χ3v) is 1.37. The lowest BCUT2D eigenvalue weighted by Crippen LogP contribution is -1.78. The van der Waals surface area contributed by atoms with Gasteiger partial charge in [0.15, 0.2) is 0 Å². The minimum absolute atomic E-state index is 0.0756. The summed E-state index contributed by atoms with van der Waals surface area (Å²) in [5.41, 5.74) is 0. The zero-order chi connectivity index (χ0) is 8.41. The summed E-state index contributed by atoms with van der Waals surface area (Å²) in [7, 11) is -9.23. The molecule has 0 radical (unpaired) electrons. The highest BCUT2D eigenvalue weighted by Crippen LogP contribution is 2.40. The summed E-state index contributed by atoms with van der Waals surface area (Å²) < 4.78 is 22.0. The first-order valence-corrected chi connectivity index (χ1v) is 5.13. The van der Waals surface area contributed by atoms with E-state index in [4.69, 9.17) is 19.6 Å². The second-order valence-corrected chi connectivity index (χ2v) is 4.00. The van der Waals surface area contributed by atoms with Crippen LogP contribution in [0.4, 0.5) is 0 Å². The maximum Gasteiger partial charge on any atom is 0.448 e. The highest BCUT2D eigenvalue weighted by atomic mass is 31.2. The highest BCUT2D eigenvalue weighted by molar-refractivity contribution is 7.69. The standard InChI is InChI=1S/CH5NO6P2/c3-9(4,5)1-2-10(6,7)8/h1H,(H2,3,4,5)(H2,6,7,8). The fourth-order valence-electron chi connectivity index (χ4n) is 0.135. The molecule has 9 heteroatoms. The van der Waals surface area contributed by atoms with Crippen molar-refractivity contribution in [3.05, 3.63) is 0 Å². The summed E-state index contributed by atoms with van der Waals surface area (Å²) in [6, 6.07) is 0. The van der Waals surface area contributed by atoms with Gasteiger partial charge in [-0.05, 0) is 0 Å². The highest BCUT2D eigenvalue weighted by Gasteiger charge is 2.14. The lowest BCUT2D eigenvalue weighted by atomic mass is 11.7. The van der Waals surface area contributed by atoms with Crippen LogP contribution in [0.5, 0.6) is 0 Å². The third-order valence-electron chi connectivity index (χ3n) is 0.352. The normalized spacial score (nSPS) is 14.4. The first-order chi connectivity index (χ1) is 4.21. The van der Waals surface area contributed by atoms with Crippen LogP contribution in [-0.2, 0) is 9.13 Å². The smallest absolute Gasteiger partial charge is 0.320 e. The minimum Gasteiger partial charge on any atom is -0.320 e. The number of hydrogen-bond donors (Lipinski definition) is 4. The number of hydrogen-bond acceptors (Lipinski definition) is 2. The van der Waals surface area contributed by atoms with Crippen molar-refractivity contribution in [3.8, 4) is 0 Å². The van der Waals surface area contributed by atoms with Crippen molar-refractivity contribution in [2.75, 3.05) is 0 Å². The van der Waals surface area contributed by atoms with Crippen molar-refractivity contribution in [1.82, 2.24) is 0 Å². The SMILES string of the molecule is O=P(O)(O)C=NP(=O)(O)O. The Kier molecular flexibility index (Phi) is 2.91. The Morgan fingerprint density at radius 1 is 1.10 bits per heavy atom. The van der Waals surface area contributed by atoms with Gasteiger partial charge in [0.2, 0.25) is 0 Å². The summed E-state index contributed by atoms with van der Waals surface area (Å²) in [5, 5.41) is 0. The average molecular weight is 189 g/mol. The summed E-state index contributed by atoms with van der Waals surface area (Å²) in [5.74, 6) is -0.0756. The van der Waals surface area contributed by atoms with Crippen LogP contribution in [0.2, 0.25) is 0 Å². The van der Waals surface area contributed by atoms with Gasteiger partial charge in [-0.25, -0.2) is 4.57 Å². The molecule has 0 amide bonds. The van der Waals surface area contributed by atoms with Crippen LogP contribution >= 0.6 is 15.3 Å². The molecule has 0 atom stereocenters. The van der Waals surface area contributed by atoms with Crippen LogP contribution in [0.15, 0.2) is 4.76 Å².